The van der Waals surface area contributed by atoms with Gasteiger partial charge in [0.15, 0.2) is 17.0 Å². The second-order valence-corrected chi connectivity index (χ2v) is 6.03. The number of methoxy groups -OCH3 is 2. The fourth-order valence-electron chi connectivity index (χ4n) is 3.40. The Morgan fingerprint density at radius 1 is 1.28 bits per heavy atom. The highest BCUT2D eigenvalue weighted by Gasteiger charge is 2.50. The number of ether oxygens (including phenoxy) is 4. The first-order valence-corrected chi connectivity index (χ1v) is 8.05. The molecule has 1 N–H and O–H groups in total. The maximum atomic E-state index is 13.1. The van der Waals surface area contributed by atoms with Gasteiger partial charge in [0.1, 0.15) is 13.2 Å². The van der Waals surface area contributed by atoms with Crippen molar-refractivity contribution in [1.82, 2.24) is 4.90 Å². The molecular formula is C17H21NO7. The third kappa shape index (κ3) is 2.86. The lowest BCUT2D eigenvalue weighted by molar-refractivity contribution is -0.151. The molecule has 1 fully saturated rings. The Hall–Kier alpha value is -2.48. The summed E-state index contributed by atoms with van der Waals surface area (Å²) in [6, 6.07) is 3.12. The van der Waals surface area contributed by atoms with Gasteiger partial charge in [-0.2, -0.15) is 0 Å². The van der Waals surface area contributed by atoms with E-state index in [2.05, 4.69) is 0 Å². The van der Waals surface area contributed by atoms with E-state index in [9.17, 15) is 14.7 Å². The number of carbonyl (C=O) groups is 2. The minimum Gasteiger partial charge on any atom is -0.493 e. The molecule has 1 aromatic carbocycles. The molecule has 8 heteroatoms. The van der Waals surface area contributed by atoms with Crippen LogP contribution in [0, 0.1) is 0 Å². The van der Waals surface area contributed by atoms with Gasteiger partial charge < -0.3 is 29.0 Å². The monoisotopic (exact) mass is 351 g/mol. The molecular weight excluding hydrogens is 330 g/mol. The molecule has 3 rings (SSSR count). The standard InChI is InChI=1S/C17H21NO7/c1-22-10-17(16(20)21)4-3-5-18(17)15(19)11-8-12(23-2)14-13(9-11)24-6-7-25-14/h8-9H,3-7,10H2,1-2H3,(H,20,21). The summed E-state index contributed by atoms with van der Waals surface area (Å²) in [7, 11) is 2.91. The van der Waals surface area contributed by atoms with Gasteiger partial charge in [0, 0.05) is 19.2 Å². The van der Waals surface area contributed by atoms with Crippen LogP contribution in [0.1, 0.15) is 23.2 Å². The molecule has 2 aliphatic rings. The van der Waals surface area contributed by atoms with E-state index < -0.39 is 17.4 Å². The van der Waals surface area contributed by atoms with Crippen LogP contribution in [0.4, 0.5) is 0 Å². The zero-order valence-electron chi connectivity index (χ0n) is 14.2. The Balaban J connectivity index is 1.98. The van der Waals surface area contributed by atoms with Gasteiger partial charge in [-0.15, -0.1) is 0 Å². The highest BCUT2D eigenvalue weighted by molar-refractivity contribution is 5.99. The molecule has 1 aromatic rings. The molecule has 0 radical (unpaired) electrons. The number of carbonyl (C=O) groups excluding carboxylic acids is 1. The molecule has 1 amide bonds. The van der Waals surface area contributed by atoms with Crippen molar-refractivity contribution in [2.45, 2.75) is 18.4 Å². The maximum absolute atomic E-state index is 13.1. The average molecular weight is 351 g/mol. The Morgan fingerprint density at radius 2 is 2.04 bits per heavy atom. The Morgan fingerprint density at radius 3 is 2.72 bits per heavy atom. The largest absolute Gasteiger partial charge is 0.493 e. The predicted molar refractivity (Wildman–Crippen MR) is 86.5 cm³/mol. The fraction of sp³-hybridized carbons (Fsp3) is 0.529. The van der Waals surface area contributed by atoms with Gasteiger partial charge in [-0.05, 0) is 25.0 Å². The average Bonchev–Trinajstić information content (AvgIpc) is 3.05. The smallest absolute Gasteiger partial charge is 0.332 e. The SMILES string of the molecule is COCC1(C(=O)O)CCCN1C(=O)c1cc(OC)c2c(c1)OCCO2. The summed E-state index contributed by atoms with van der Waals surface area (Å²) in [4.78, 5) is 26.3. The van der Waals surface area contributed by atoms with Crippen molar-refractivity contribution in [3.63, 3.8) is 0 Å². The number of rotatable bonds is 5. The normalized spacial score (nSPS) is 21.9. The summed E-state index contributed by atoms with van der Waals surface area (Å²) in [6.45, 7) is 1.07. The van der Waals surface area contributed by atoms with Crippen LogP contribution in [0.15, 0.2) is 12.1 Å². The number of hydrogen-bond donors (Lipinski definition) is 1. The number of aliphatic carboxylic acids is 1. The lowest BCUT2D eigenvalue weighted by atomic mass is 9.96. The number of benzene rings is 1. The molecule has 0 spiro atoms. The van der Waals surface area contributed by atoms with Crippen molar-refractivity contribution in [2.24, 2.45) is 0 Å². The Kier molecular flexibility index (Phi) is 4.71. The minimum atomic E-state index is -1.35. The van der Waals surface area contributed by atoms with E-state index in [4.69, 9.17) is 18.9 Å². The van der Waals surface area contributed by atoms with Crippen molar-refractivity contribution in [1.29, 1.82) is 0 Å². The summed E-state index contributed by atoms with van der Waals surface area (Å²) in [5, 5.41) is 9.71. The van der Waals surface area contributed by atoms with E-state index in [1.165, 1.54) is 19.1 Å². The van der Waals surface area contributed by atoms with E-state index in [1.54, 1.807) is 12.1 Å². The van der Waals surface area contributed by atoms with Crippen LogP contribution in [0.25, 0.3) is 0 Å². The predicted octanol–water partition coefficient (Wildman–Crippen LogP) is 1.17. The van der Waals surface area contributed by atoms with Crippen LogP contribution in [0.3, 0.4) is 0 Å². The summed E-state index contributed by atoms with van der Waals surface area (Å²) in [5.41, 5.74) is -1.06. The molecule has 0 aromatic heterocycles. The number of hydrogen-bond acceptors (Lipinski definition) is 6. The van der Waals surface area contributed by atoms with E-state index in [0.717, 1.165) is 0 Å². The number of carboxylic acids is 1. The number of amides is 1. The van der Waals surface area contributed by atoms with E-state index in [0.29, 0.717) is 55.4 Å². The quantitative estimate of drug-likeness (QED) is 0.851. The second-order valence-electron chi connectivity index (χ2n) is 6.03. The van der Waals surface area contributed by atoms with E-state index in [-0.39, 0.29) is 6.61 Å². The van der Waals surface area contributed by atoms with Crippen LogP contribution in [0.5, 0.6) is 17.2 Å². The van der Waals surface area contributed by atoms with Crippen molar-refractivity contribution in [2.75, 3.05) is 40.6 Å². The molecule has 8 nitrogen and oxygen atoms in total. The highest BCUT2D eigenvalue weighted by Crippen LogP contribution is 2.41. The van der Waals surface area contributed by atoms with Crippen molar-refractivity contribution >= 4 is 11.9 Å². The molecule has 0 bridgehead atoms. The Labute approximate surface area is 145 Å². The summed E-state index contributed by atoms with van der Waals surface area (Å²) in [6.07, 6.45) is 0.951. The van der Waals surface area contributed by atoms with Gasteiger partial charge in [-0.25, -0.2) is 4.79 Å². The molecule has 0 saturated carbocycles. The van der Waals surface area contributed by atoms with Gasteiger partial charge in [-0.1, -0.05) is 0 Å². The topological polar surface area (TPSA) is 94.5 Å². The lowest BCUT2D eigenvalue weighted by Gasteiger charge is -2.34. The first kappa shape index (κ1) is 17.3. The molecule has 2 heterocycles. The molecule has 1 atom stereocenters. The minimum absolute atomic E-state index is 0.0598. The third-order valence-corrected chi connectivity index (χ3v) is 4.59. The maximum Gasteiger partial charge on any atom is 0.332 e. The summed E-state index contributed by atoms with van der Waals surface area (Å²) < 4.78 is 21.5. The van der Waals surface area contributed by atoms with Gasteiger partial charge in [0.25, 0.3) is 5.91 Å². The molecule has 2 aliphatic heterocycles. The molecule has 25 heavy (non-hydrogen) atoms. The molecule has 1 unspecified atom stereocenters. The van der Waals surface area contributed by atoms with Crippen molar-refractivity contribution in [3.8, 4) is 17.2 Å². The third-order valence-electron chi connectivity index (χ3n) is 4.59. The van der Waals surface area contributed by atoms with Gasteiger partial charge >= 0.3 is 5.97 Å². The van der Waals surface area contributed by atoms with Gasteiger partial charge in [0.05, 0.1) is 13.7 Å². The Bertz CT molecular complexity index is 673. The molecule has 1 saturated heterocycles. The van der Waals surface area contributed by atoms with Crippen molar-refractivity contribution in [3.05, 3.63) is 17.7 Å². The second kappa shape index (κ2) is 6.79. The molecule has 136 valence electrons. The number of fused-ring (bicyclic) bond motifs is 1. The summed E-state index contributed by atoms with van der Waals surface area (Å²) in [5.74, 6) is -0.210. The van der Waals surface area contributed by atoms with E-state index in [1.807, 2.05) is 0 Å². The number of nitrogens with zero attached hydrogens (tertiary/aromatic N) is 1. The van der Waals surface area contributed by atoms with Crippen LogP contribution in [-0.2, 0) is 9.53 Å². The van der Waals surface area contributed by atoms with Gasteiger partial charge in [-0.3, -0.25) is 4.79 Å². The van der Waals surface area contributed by atoms with Gasteiger partial charge in [0.2, 0.25) is 5.75 Å². The van der Waals surface area contributed by atoms with Crippen LogP contribution >= 0.6 is 0 Å². The zero-order valence-corrected chi connectivity index (χ0v) is 14.2. The fourth-order valence-corrected chi connectivity index (χ4v) is 3.40. The van der Waals surface area contributed by atoms with E-state index >= 15 is 0 Å². The first-order valence-electron chi connectivity index (χ1n) is 8.05. The van der Waals surface area contributed by atoms with Crippen LogP contribution in [-0.4, -0.2) is 68.0 Å². The van der Waals surface area contributed by atoms with Crippen LogP contribution in [0.2, 0.25) is 0 Å². The van der Waals surface area contributed by atoms with Crippen LogP contribution < -0.4 is 14.2 Å². The lowest BCUT2D eigenvalue weighted by Crippen LogP contribution is -2.56. The molecule has 0 aliphatic carbocycles. The zero-order chi connectivity index (χ0) is 18.0. The number of carboxylic acid groups (broad SMARTS) is 1. The number of likely N-dealkylation sites (tertiary alicyclic amines) is 1. The summed E-state index contributed by atoms with van der Waals surface area (Å²) >= 11 is 0. The highest BCUT2D eigenvalue weighted by atomic mass is 16.6. The first-order chi connectivity index (χ1) is 12.0. The van der Waals surface area contributed by atoms with Crippen molar-refractivity contribution < 1.29 is 33.6 Å².